The van der Waals surface area contributed by atoms with Gasteiger partial charge in [-0.1, -0.05) is 12.1 Å². The zero-order chi connectivity index (χ0) is 18.4. The summed E-state index contributed by atoms with van der Waals surface area (Å²) in [5, 5.41) is 2.71. The maximum absolute atomic E-state index is 12.1. The summed E-state index contributed by atoms with van der Waals surface area (Å²) in [5.41, 5.74) is 2.06. The minimum atomic E-state index is -4.44. The third-order valence-electron chi connectivity index (χ3n) is 3.31. The molecule has 0 atom stereocenters. The Morgan fingerprint density at radius 2 is 2.00 bits per heavy atom. The highest BCUT2D eigenvalue weighted by atomic mass is 19.4. The number of carbonyl (C=O) groups excluding carboxylic acids is 1. The van der Waals surface area contributed by atoms with Gasteiger partial charge in [0.15, 0.2) is 6.61 Å². The van der Waals surface area contributed by atoms with Gasteiger partial charge in [0.1, 0.15) is 5.75 Å². The third-order valence-corrected chi connectivity index (χ3v) is 3.31. The monoisotopic (exact) mass is 354 g/mol. The van der Waals surface area contributed by atoms with Crippen LogP contribution in [0, 0.1) is 6.92 Å². The predicted octanol–water partition coefficient (Wildman–Crippen LogP) is 3.27. The minimum Gasteiger partial charge on any atom is -0.496 e. The number of nitrogens with one attached hydrogen (secondary N) is 1. The predicted molar refractivity (Wildman–Crippen MR) is 84.7 cm³/mol. The number of nitrogens with zero attached hydrogens (tertiary/aromatic N) is 1. The van der Waals surface area contributed by atoms with E-state index in [9.17, 15) is 18.0 Å². The number of aryl methyl sites for hydroxylation is 1. The molecule has 1 aromatic carbocycles. The van der Waals surface area contributed by atoms with Crippen LogP contribution < -0.4 is 14.8 Å². The Bertz CT molecular complexity index is 731. The smallest absolute Gasteiger partial charge is 0.422 e. The Morgan fingerprint density at radius 3 is 2.60 bits per heavy atom. The molecule has 2 aromatic rings. The van der Waals surface area contributed by atoms with Gasteiger partial charge in [-0.2, -0.15) is 13.2 Å². The first-order valence-corrected chi connectivity index (χ1v) is 7.36. The van der Waals surface area contributed by atoms with Crippen molar-refractivity contribution in [1.82, 2.24) is 10.3 Å². The first-order chi connectivity index (χ1) is 11.8. The van der Waals surface area contributed by atoms with Crippen molar-refractivity contribution >= 4 is 5.91 Å². The van der Waals surface area contributed by atoms with E-state index in [1.807, 2.05) is 25.1 Å². The highest BCUT2D eigenvalue weighted by Crippen LogP contribution is 2.19. The molecule has 0 aliphatic heterocycles. The fourth-order valence-electron chi connectivity index (χ4n) is 2.01. The van der Waals surface area contributed by atoms with E-state index in [2.05, 4.69) is 15.0 Å². The van der Waals surface area contributed by atoms with Gasteiger partial charge in [-0.15, -0.1) is 0 Å². The number of rotatable bonds is 6. The summed E-state index contributed by atoms with van der Waals surface area (Å²) in [7, 11) is 1.57. The molecule has 5 nitrogen and oxygen atoms in total. The first kappa shape index (κ1) is 18.6. The molecule has 1 aromatic heterocycles. The fourth-order valence-corrected chi connectivity index (χ4v) is 2.01. The van der Waals surface area contributed by atoms with Crippen LogP contribution in [0.2, 0.25) is 0 Å². The van der Waals surface area contributed by atoms with Crippen molar-refractivity contribution in [3.8, 4) is 11.6 Å². The molecule has 2 rings (SSSR count). The van der Waals surface area contributed by atoms with Gasteiger partial charge in [-0.25, -0.2) is 4.98 Å². The van der Waals surface area contributed by atoms with E-state index in [-0.39, 0.29) is 18.0 Å². The number of halogens is 3. The number of aromatic nitrogens is 1. The molecule has 0 aliphatic carbocycles. The molecule has 0 saturated carbocycles. The molecule has 0 spiro atoms. The largest absolute Gasteiger partial charge is 0.496 e. The van der Waals surface area contributed by atoms with Crippen molar-refractivity contribution in [1.29, 1.82) is 0 Å². The summed E-state index contributed by atoms with van der Waals surface area (Å²) in [6, 6.07) is 8.14. The second-order valence-electron chi connectivity index (χ2n) is 5.28. The summed E-state index contributed by atoms with van der Waals surface area (Å²) in [5.74, 6) is 0.131. The molecule has 0 aliphatic rings. The van der Waals surface area contributed by atoms with Crippen molar-refractivity contribution in [3.63, 3.8) is 0 Å². The summed E-state index contributed by atoms with van der Waals surface area (Å²) >= 11 is 0. The Labute approximate surface area is 142 Å². The van der Waals surface area contributed by atoms with Crippen molar-refractivity contribution in [2.24, 2.45) is 0 Å². The van der Waals surface area contributed by atoms with Crippen molar-refractivity contribution in [3.05, 3.63) is 53.2 Å². The van der Waals surface area contributed by atoms with Crippen LogP contribution in [0.1, 0.15) is 21.5 Å². The average molecular weight is 354 g/mol. The molecule has 1 amide bonds. The average Bonchev–Trinajstić information content (AvgIpc) is 2.58. The Hall–Kier alpha value is -2.77. The molecule has 0 fully saturated rings. The second kappa shape index (κ2) is 7.87. The lowest BCUT2D eigenvalue weighted by Gasteiger charge is -2.10. The number of alkyl halides is 3. The van der Waals surface area contributed by atoms with E-state index in [0.29, 0.717) is 0 Å². The molecule has 0 saturated heterocycles. The van der Waals surface area contributed by atoms with E-state index >= 15 is 0 Å². The molecule has 25 heavy (non-hydrogen) atoms. The Balaban J connectivity index is 1.92. The third kappa shape index (κ3) is 5.66. The van der Waals surface area contributed by atoms with E-state index in [1.54, 1.807) is 7.11 Å². The van der Waals surface area contributed by atoms with Gasteiger partial charge in [0.05, 0.1) is 12.7 Å². The standard InChI is InChI=1S/C17H17F3N2O3/c1-11-3-4-12(7-14(11)24-2)8-22-16(23)13-5-6-15(21-9-13)25-10-17(18,19)20/h3-7,9H,8,10H2,1-2H3,(H,22,23). The van der Waals surface area contributed by atoms with Gasteiger partial charge in [-0.3, -0.25) is 4.79 Å². The lowest BCUT2D eigenvalue weighted by atomic mass is 10.1. The van der Waals surface area contributed by atoms with Gasteiger partial charge in [-0.05, 0) is 30.2 Å². The molecule has 0 radical (unpaired) electrons. The number of amides is 1. The van der Waals surface area contributed by atoms with Crippen LogP contribution >= 0.6 is 0 Å². The molecule has 0 bridgehead atoms. The van der Waals surface area contributed by atoms with Gasteiger partial charge < -0.3 is 14.8 Å². The van der Waals surface area contributed by atoms with Crippen LogP contribution in [0.25, 0.3) is 0 Å². The number of pyridine rings is 1. The van der Waals surface area contributed by atoms with Crippen LogP contribution in [0.3, 0.4) is 0 Å². The molecule has 1 N–H and O–H groups in total. The number of hydrogen-bond donors (Lipinski definition) is 1. The Kier molecular flexibility index (Phi) is 5.84. The summed E-state index contributed by atoms with van der Waals surface area (Å²) < 4.78 is 45.9. The normalized spacial score (nSPS) is 11.1. The minimum absolute atomic E-state index is 0.197. The molecular formula is C17H17F3N2O3. The number of methoxy groups -OCH3 is 1. The maximum atomic E-state index is 12.1. The second-order valence-corrected chi connectivity index (χ2v) is 5.28. The van der Waals surface area contributed by atoms with Gasteiger partial charge in [0.25, 0.3) is 5.91 Å². The van der Waals surface area contributed by atoms with E-state index in [0.717, 1.165) is 23.1 Å². The van der Waals surface area contributed by atoms with Crippen molar-refractivity contribution < 1.29 is 27.4 Å². The summed E-state index contributed by atoms with van der Waals surface area (Å²) in [6.07, 6.45) is -3.27. The zero-order valence-corrected chi connectivity index (χ0v) is 13.7. The van der Waals surface area contributed by atoms with Crippen molar-refractivity contribution in [2.45, 2.75) is 19.6 Å². The summed E-state index contributed by atoms with van der Waals surface area (Å²) in [4.78, 5) is 15.8. The zero-order valence-electron chi connectivity index (χ0n) is 13.7. The first-order valence-electron chi connectivity index (χ1n) is 7.36. The number of carbonyl (C=O) groups is 1. The van der Waals surface area contributed by atoms with Crippen LogP contribution in [0.4, 0.5) is 13.2 Å². The number of ether oxygens (including phenoxy) is 2. The van der Waals surface area contributed by atoms with Gasteiger partial charge in [0, 0.05) is 18.8 Å². The van der Waals surface area contributed by atoms with Gasteiger partial charge in [0.2, 0.25) is 5.88 Å². The lowest BCUT2D eigenvalue weighted by Crippen LogP contribution is -2.23. The van der Waals surface area contributed by atoms with Crippen molar-refractivity contribution in [2.75, 3.05) is 13.7 Å². The molecule has 8 heteroatoms. The van der Waals surface area contributed by atoms with Crippen LogP contribution in [-0.2, 0) is 6.54 Å². The van der Waals surface area contributed by atoms with E-state index in [1.165, 1.54) is 12.1 Å². The van der Waals surface area contributed by atoms with Crippen LogP contribution in [0.5, 0.6) is 11.6 Å². The fraction of sp³-hybridized carbons (Fsp3) is 0.294. The van der Waals surface area contributed by atoms with E-state index in [4.69, 9.17) is 4.74 Å². The van der Waals surface area contributed by atoms with Crippen LogP contribution in [0.15, 0.2) is 36.5 Å². The number of hydrogen-bond acceptors (Lipinski definition) is 4. The van der Waals surface area contributed by atoms with Gasteiger partial charge >= 0.3 is 6.18 Å². The Morgan fingerprint density at radius 1 is 1.24 bits per heavy atom. The SMILES string of the molecule is COc1cc(CNC(=O)c2ccc(OCC(F)(F)F)nc2)ccc1C. The molecule has 134 valence electrons. The summed E-state index contributed by atoms with van der Waals surface area (Å²) in [6.45, 7) is 0.762. The lowest BCUT2D eigenvalue weighted by molar-refractivity contribution is -0.154. The molecule has 0 unspecified atom stereocenters. The quantitative estimate of drug-likeness (QED) is 0.865. The number of benzene rings is 1. The topological polar surface area (TPSA) is 60.5 Å². The van der Waals surface area contributed by atoms with E-state index < -0.39 is 18.7 Å². The highest BCUT2D eigenvalue weighted by Gasteiger charge is 2.28. The maximum Gasteiger partial charge on any atom is 0.422 e. The molecule has 1 heterocycles. The van der Waals surface area contributed by atoms with Crippen LogP contribution in [-0.4, -0.2) is 30.8 Å². The molecular weight excluding hydrogens is 337 g/mol. The highest BCUT2D eigenvalue weighted by molar-refractivity contribution is 5.93.